The predicted octanol–water partition coefficient (Wildman–Crippen LogP) is 1.33. The van der Waals surface area contributed by atoms with Crippen LogP contribution in [-0.4, -0.2) is 44.5 Å². The van der Waals surface area contributed by atoms with Crippen molar-refractivity contribution in [1.29, 1.82) is 5.26 Å². The highest BCUT2D eigenvalue weighted by molar-refractivity contribution is 6.02. The third kappa shape index (κ3) is 6.53. The lowest BCUT2D eigenvalue weighted by Gasteiger charge is -2.21. The van der Waals surface area contributed by atoms with Crippen LogP contribution in [0, 0.1) is 17.2 Å². The Kier molecular flexibility index (Phi) is 8.68. The number of methoxy groups -OCH3 is 2. The Labute approximate surface area is 169 Å². The van der Waals surface area contributed by atoms with Crippen LogP contribution in [0.5, 0.6) is 11.5 Å². The molecular formula is C20H25N3O6. The number of amides is 1. The van der Waals surface area contributed by atoms with E-state index in [1.807, 2.05) is 0 Å². The van der Waals surface area contributed by atoms with E-state index in [-0.39, 0.29) is 22.8 Å². The minimum absolute atomic E-state index is 0.0363. The van der Waals surface area contributed by atoms with Crippen molar-refractivity contribution in [2.75, 3.05) is 20.8 Å². The summed E-state index contributed by atoms with van der Waals surface area (Å²) >= 11 is 0. The number of nitrogens with zero attached hydrogens (tertiary/aromatic N) is 1. The Morgan fingerprint density at radius 3 is 2.10 bits per heavy atom. The molecule has 1 aromatic rings. The van der Waals surface area contributed by atoms with E-state index in [1.165, 1.54) is 33.3 Å². The van der Waals surface area contributed by atoms with Crippen molar-refractivity contribution in [3.8, 4) is 17.6 Å². The highest BCUT2D eigenvalue weighted by Gasteiger charge is 2.27. The Bertz CT molecular complexity index is 828. The molecule has 0 bridgehead atoms. The zero-order valence-corrected chi connectivity index (χ0v) is 17.1. The van der Waals surface area contributed by atoms with Crippen LogP contribution in [0.15, 0.2) is 29.5 Å². The fourth-order valence-corrected chi connectivity index (χ4v) is 2.33. The maximum atomic E-state index is 12.6. The second kappa shape index (κ2) is 10.7. The summed E-state index contributed by atoms with van der Waals surface area (Å²) < 4.78 is 15.3. The van der Waals surface area contributed by atoms with Crippen LogP contribution >= 0.6 is 0 Å². The number of esters is 1. The van der Waals surface area contributed by atoms with Crippen LogP contribution < -0.4 is 20.5 Å². The van der Waals surface area contributed by atoms with Gasteiger partial charge in [0.1, 0.15) is 29.2 Å². The van der Waals surface area contributed by atoms with E-state index < -0.39 is 30.3 Å². The highest BCUT2D eigenvalue weighted by Crippen LogP contribution is 2.22. The zero-order valence-electron chi connectivity index (χ0n) is 17.1. The van der Waals surface area contributed by atoms with Gasteiger partial charge < -0.3 is 25.3 Å². The molecule has 0 aliphatic heterocycles. The first-order valence-electron chi connectivity index (χ1n) is 8.74. The maximum Gasteiger partial charge on any atom is 0.329 e. The van der Waals surface area contributed by atoms with Gasteiger partial charge in [-0.15, -0.1) is 0 Å². The maximum absolute atomic E-state index is 12.6. The third-order valence-corrected chi connectivity index (χ3v) is 3.95. The van der Waals surface area contributed by atoms with Crippen LogP contribution in [0.25, 0.3) is 0 Å². The molecule has 9 heteroatoms. The molecule has 0 aliphatic rings. The molecule has 0 aliphatic carbocycles. The molecule has 0 radical (unpaired) electrons. The van der Waals surface area contributed by atoms with Crippen molar-refractivity contribution in [1.82, 2.24) is 5.32 Å². The average molecular weight is 403 g/mol. The number of rotatable bonds is 9. The number of nitriles is 1. The van der Waals surface area contributed by atoms with Gasteiger partial charge in [-0.2, -0.15) is 5.26 Å². The Hall–Kier alpha value is -3.54. The topological polar surface area (TPSA) is 141 Å². The number of hydrogen-bond donors (Lipinski definition) is 2. The first-order chi connectivity index (χ1) is 13.6. The van der Waals surface area contributed by atoms with Gasteiger partial charge in [0.25, 0.3) is 5.91 Å². The second-order valence-electron chi connectivity index (χ2n) is 6.50. The number of nitrogens with two attached hydrogens (primary N) is 1. The van der Waals surface area contributed by atoms with E-state index in [0.29, 0.717) is 11.5 Å². The molecule has 3 N–H and O–H groups in total. The lowest BCUT2D eigenvalue weighted by molar-refractivity contribution is -0.150. The number of benzene rings is 1. The first-order valence-corrected chi connectivity index (χ1v) is 8.74. The summed E-state index contributed by atoms with van der Waals surface area (Å²) in [6.45, 7) is 4.18. The molecule has 0 heterocycles. The molecule has 156 valence electrons. The van der Waals surface area contributed by atoms with Gasteiger partial charge in [0.2, 0.25) is 5.78 Å². The number of allylic oxidation sites excluding steroid dienone is 1. The molecule has 0 aromatic heterocycles. The summed E-state index contributed by atoms with van der Waals surface area (Å²) in [6.07, 6.45) is 0. The first kappa shape index (κ1) is 23.5. The molecule has 1 aromatic carbocycles. The summed E-state index contributed by atoms with van der Waals surface area (Å²) in [4.78, 5) is 37.0. The van der Waals surface area contributed by atoms with Crippen LogP contribution in [0.3, 0.4) is 0 Å². The van der Waals surface area contributed by atoms with E-state index in [4.69, 9.17) is 25.2 Å². The monoisotopic (exact) mass is 403 g/mol. The Morgan fingerprint density at radius 1 is 1.14 bits per heavy atom. The van der Waals surface area contributed by atoms with Crippen molar-refractivity contribution in [3.63, 3.8) is 0 Å². The van der Waals surface area contributed by atoms with Crippen molar-refractivity contribution in [2.45, 2.75) is 26.8 Å². The fourth-order valence-electron chi connectivity index (χ4n) is 2.33. The van der Waals surface area contributed by atoms with Gasteiger partial charge in [0.15, 0.2) is 6.61 Å². The summed E-state index contributed by atoms with van der Waals surface area (Å²) in [5, 5.41) is 11.5. The molecule has 1 rings (SSSR count). The van der Waals surface area contributed by atoms with Crippen LogP contribution in [0.4, 0.5) is 0 Å². The minimum atomic E-state index is -1.01. The number of carbonyl (C=O) groups excluding carboxylic acids is 3. The smallest absolute Gasteiger partial charge is 0.329 e. The van der Waals surface area contributed by atoms with Gasteiger partial charge in [-0.25, -0.2) is 4.79 Å². The van der Waals surface area contributed by atoms with E-state index in [1.54, 1.807) is 26.0 Å². The largest absolute Gasteiger partial charge is 0.497 e. The van der Waals surface area contributed by atoms with Crippen molar-refractivity contribution < 1.29 is 28.6 Å². The Morgan fingerprint density at radius 2 is 1.69 bits per heavy atom. The number of ketones is 1. The molecular weight excluding hydrogens is 378 g/mol. The molecule has 1 amide bonds. The van der Waals surface area contributed by atoms with Crippen LogP contribution in [-0.2, 0) is 14.3 Å². The van der Waals surface area contributed by atoms with Gasteiger partial charge in [-0.1, -0.05) is 13.8 Å². The lowest BCUT2D eigenvalue weighted by Crippen LogP contribution is -2.45. The number of nitrogens with one attached hydrogen (secondary N) is 1. The van der Waals surface area contributed by atoms with Gasteiger partial charge in [-0.3, -0.25) is 9.59 Å². The van der Waals surface area contributed by atoms with E-state index >= 15 is 0 Å². The van der Waals surface area contributed by atoms with Crippen LogP contribution in [0.1, 0.15) is 31.1 Å². The van der Waals surface area contributed by atoms with Crippen molar-refractivity contribution in [2.24, 2.45) is 11.7 Å². The van der Waals surface area contributed by atoms with Crippen LogP contribution in [0.2, 0.25) is 0 Å². The molecule has 1 atom stereocenters. The molecule has 1 unspecified atom stereocenters. The summed E-state index contributed by atoms with van der Waals surface area (Å²) in [5.41, 5.74) is 5.45. The second-order valence-corrected chi connectivity index (χ2v) is 6.50. The normalized spacial score (nSPS) is 12.3. The average Bonchev–Trinajstić information content (AvgIpc) is 2.69. The van der Waals surface area contributed by atoms with E-state index in [2.05, 4.69) is 5.32 Å². The molecule has 0 saturated heterocycles. The van der Waals surface area contributed by atoms with Gasteiger partial charge in [0, 0.05) is 17.3 Å². The SMILES string of the molecule is COc1cc(OC)cc(C(=O)NC(C(=O)OCC(=O)/C(C#N)=C(/C)N)C(C)C)c1. The number of carbonyl (C=O) groups is 3. The molecule has 0 fully saturated rings. The molecule has 29 heavy (non-hydrogen) atoms. The highest BCUT2D eigenvalue weighted by atomic mass is 16.5. The standard InChI is InChI=1S/C20H25N3O6/c1-11(2)18(20(26)29-10-17(24)16(9-21)12(3)22)23-19(25)13-6-14(27-4)8-15(7-13)28-5/h6-8,11,18H,10,22H2,1-5H3,(H,23,25)/b16-12-. The van der Waals surface area contributed by atoms with Crippen molar-refractivity contribution in [3.05, 3.63) is 35.0 Å². The minimum Gasteiger partial charge on any atom is -0.497 e. The molecule has 0 spiro atoms. The Balaban J connectivity index is 2.92. The lowest BCUT2D eigenvalue weighted by atomic mass is 10.0. The summed E-state index contributed by atoms with van der Waals surface area (Å²) in [6, 6.07) is 5.26. The quantitative estimate of drug-likeness (QED) is 0.357. The van der Waals surface area contributed by atoms with Gasteiger partial charge in [-0.05, 0) is 25.0 Å². The predicted molar refractivity (Wildman–Crippen MR) is 104 cm³/mol. The summed E-state index contributed by atoms with van der Waals surface area (Å²) in [7, 11) is 2.91. The fraction of sp³-hybridized carbons (Fsp3) is 0.400. The summed E-state index contributed by atoms with van der Waals surface area (Å²) in [5.74, 6) is -1.56. The van der Waals surface area contributed by atoms with Gasteiger partial charge in [0.05, 0.1) is 14.2 Å². The van der Waals surface area contributed by atoms with E-state index in [0.717, 1.165) is 0 Å². The van der Waals surface area contributed by atoms with E-state index in [9.17, 15) is 14.4 Å². The number of hydrogen-bond acceptors (Lipinski definition) is 8. The van der Waals surface area contributed by atoms with Gasteiger partial charge >= 0.3 is 5.97 Å². The molecule has 0 saturated carbocycles. The zero-order chi connectivity index (χ0) is 22.1. The number of ether oxygens (including phenoxy) is 3. The number of Topliss-reactive ketones (excluding diaryl/α,β-unsaturated/α-hetero) is 1. The molecule has 9 nitrogen and oxygen atoms in total. The van der Waals surface area contributed by atoms with Crippen molar-refractivity contribution >= 4 is 17.7 Å². The third-order valence-electron chi connectivity index (χ3n) is 3.95.